The average molecular weight is 229 g/mol. The molecule has 0 spiro atoms. The van der Waals surface area contributed by atoms with Crippen molar-refractivity contribution in [2.24, 2.45) is 5.92 Å². The van der Waals surface area contributed by atoms with Crippen LogP contribution in [0.25, 0.3) is 10.9 Å². The summed E-state index contributed by atoms with van der Waals surface area (Å²) in [5, 5.41) is 22.1. The van der Waals surface area contributed by atoms with Crippen molar-refractivity contribution < 1.29 is 5.11 Å². The summed E-state index contributed by atoms with van der Waals surface area (Å²) >= 11 is 0. The van der Waals surface area contributed by atoms with Gasteiger partial charge in [0.2, 0.25) is 0 Å². The van der Waals surface area contributed by atoms with Crippen LogP contribution >= 0.6 is 0 Å². The van der Waals surface area contributed by atoms with Crippen LogP contribution in [0.5, 0.6) is 0 Å². The van der Waals surface area contributed by atoms with Crippen molar-refractivity contribution in [1.82, 2.24) is 10.2 Å². The first-order valence-electron chi connectivity index (χ1n) is 5.97. The fraction of sp³-hybridized carbons (Fsp3) is 0.385. The summed E-state index contributed by atoms with van der Waals surface area (Å²) in [6, 6.07) is 7.87. The van der Waals surface area contributed by atoms with Gasteiger partial charge in [-0.2, -0.15) is 10.2 Å². The summed E-state index contributed by atoms with van der Waals surface area (Å²) in [5.41, 5.74) is 1.81. The molecule has 4 nitrogen and oxygen atoms in total. The van der Waals surface area contributed by atoms with E-state index < -0.39 is 0 Å². The predicted molar refractivity (Wildman–Crippen MR) is 66.8 cm³/mol. The van der Waals surface area contributed by atoms with Gasteiger partial charge < -0.3 is 10.4 Å². The highest BCUT2D eigenvalue weighted by Crippen LogP contribution is 2.32. The Kier molecular flexibility index (Phi) is 2.65. The molecule has 4 heteroatoms. The van der Waals surface area contributed by atoms with E-state index >= 15 is 0 Å². The number of nitrogens with zero attached hydrogens (tertiary/aromatic N) is 2. The highest BCUT2D eigenvalue weighted by atomic mass is 16.3. The van der Waals surface area contributed by atoms with E-state index in [2.05, 4.69) is 15.5 Å². The molecule has 1 aliphatic carbocycles. The first-order chi connectivity index (χ1) is 8.34. The molecule has 1 unspecified atom stereocenters. The van der Waals surface area contributed by atoms with Crippen molar-refractivity contribution in [3.05, 3.63) is 30.5 Å². The summed E-state index contributed by atoms with van der Waals surface area (Å²) in [6.45, 7) is 0.584. The summed E-state index contributed by atoms with van der Waals surface area (Å²) in [5.74, 6) is 0.489. The summed E-state index contributed by atoms with van der Waals surface area (Å²) in [7, 11) is 0. The molecule has 2 N–H and O–H groups in total. The lowest BCUT2D eigenvalue weighted by molar-refractivity contribution is 0.164. The molecule has 1 aliphatic rings. The Balaban J connectivity index is 1.79. The first-order valence-corrected chi connectivity index (χ1v) is 5.97. The van der Waals surface area contributed by atoms with E-state index in [0.717, 1.165) is 29.4 Å². The molecule has 0 aliphatic heterocycles. The second-order valence-electron chi connectivity index (χ2n) is 4.56. The minimum Gasteiger partial charge on any atom is -0.391 e. The molecule has 1 aromatic heterocycles. The van der Waals surface area contributed by atoms with Crippen LogP contribution in [-0.4, -0.2) is 28.0 Å². The minimum atomic E-state index is -0.248. The standard InChI is InChI=1S/C13H15N3O/c17-13(9-5-6-9)8-14-12-7-15-16-11-4-2-1-3-10(11)12/h1-4,7,9,13,17H,5-6,8H2,(H,14,16). The fourth-order valence-corrected chi connectivity index (χ4v) is 2.01. The van der Waals surface area contributed by atoms with Gasteiger partial charge in [0.1, 0.15) is 0 Å². The van der Waals surface area contributed by atoms with Gasteiger partial charge >= 0.3 is 0 Å². The molecule has 0 saturated heterocycles. The van der Waals surface area contributed by atoms with Crippen LogP contribution in [0.15, 0.2) is 30.5 Å². The second-order valence-corrected chi connectivity index (χ2v) is 4.56. The van der Waals surface area contributed by atoms with Crippen LogP contribution in [0.3, 0.4) is 0 Å². The van der Waals surface area contributed by atoms with Gasteiger partial charge in [-0.25, -0.2) is 0 Å². The van der Waals surface area contributed by atoms with Crippen molar-refractivity contribution in [1.29, 1.82) is 0 Å². The van der Waals surface area contributed by atoms with E-state index in [1.54, 1.807) is 6.20 Å². The van der Waals surface area contributed by atoms with Gasteiger partial charge in [0, 0.05) is 11.9 Å². The van der Waals surface area contributed by atoms with E-state index in [1.807, 2.05) is 24.3 Å². The quantitative estimate of drug-likeness (QED) is 0.839. The minimum absolute atomic E-state index is 0.248. The molecule has 1 fully saturated rings. The lowest BCUT2D eigenvalue weighted by Crippen LogP contribution is -2.21. The number of hydrogen-bond donors (Lipinski definition) is 2. The number of hydrogen-bond acceptors (Lipinski definition) is 4. The van der Waals surface area contributed by atoms with E-state index in [4.69, 9.17) is 0 Å². The Bertz CT molecular complexity index is 520. The molecule has 17 heavy (non-hydrogen) atoms. The van der Waals surface area contributed by atoms with Crippen LogP contribution < -0.4 is 5.32 Å². The fourth-order valence-electron chi connectivity index (χ4n) is 2.01. The van der Waals surface area contributed by atoms with E-state index in [-0.39, 0.29) is 6.10 Å². The van der Waals surface area contributed by atoms with Crippen molar-refractivity contribution in [2.75, 3.05) is 11.9 Å². The predicted octanol–water partition coefficient (Wildman–Crippen LogP) is 1.81. The Morgan fingerprint density at radius 1 is 1.35 bits per heavy atom. The van der Waals surface area contributed by atoms with E-state index in [9.17, 15) is 5.11 Å². The van der Waals surface area contributed by atoms with Gasteiger partial charge in [-0.3, -0.25) is 0 Å². The highest BCUT2D eigenvalue weighted by molar-refractivity contribution is 5.90. The van der Waals surface area contributed by atoms with Crippen LogP contribution in [0, 0.1) is 5.92 Å². The van der Waals surface area contributed by atoms with Crippen molar-refractivity contribution >= 4 is 16.6 Å². The van der Waals surface area contributed by atoms with Gasteiger partial charge in [0.25, 0.3) is 0 Å². The molecule has 2 aromatic rings. The van der Waals surface area contributed by atoms with Gasteiger partial charge in [-0.1, -0.05) is 18.2 Å². The number of nitrogens with one attached hydrogen (secondary N) is 1. The zero-order chi connectivity index (χ0) is 11.7. The van der Waals surface area contributed by atoms with Crippen molar-refractivity contribution in [3.63, 3.8) is 0 Å². The molecule has 1 atom stereocenters. The molecule has 0 bridgehead atoms. The Labute approximate surface area is 99.7 Å². The lowest BCUT2D eigenvalue weighted by Gasteiger charge is -2.12. The van der Waals surface area contributed by atoms with E-state index in [0.29, 0.717) is 12.5 Å². The molecule has 1 aromatic carbocycles. The second kappa shape index (κ2) is 4.30. The SMILES string of the molecule is OC(CNc1cnnc2ccccc12)C1CC1. The Morgan fingerprint density at radius 3 is 3.00 bits per heavy atom. The van der Waals surface area contributed by atoms with Gasteiger partial charge in [0.15, 0.2) is 0 Å². The maximum Gasteiger partial charge on any atom is 0.0950 e. The van der Waals surface area contributed by atoms with E-state index in [1.165, 1.54) is 0 Å². The maximum absolute atomic E-state index is 9.82. The molecular formula is C13H15N3O. The van der Waals surface area contributed by atoms with Crippen LogP contribution in [0.2, 0.25) is 0 Å². The molecular weight excluding hydrogens is 214 g/mol. The third-order valence-corrected chi connectivity index (χ3v) is 3.21. The molecule has 3 rings (SSSR count). The van der Waals surface area contributed by atoms with Crippen molar-refractivity contribution in [3.8, 4) is 0 Å². The summed E-state index contributed by atoms with van der Waals surface area (Å²) < 4.78 is 0. The Hall–Kier alpha value is -1.68. The van der Waals surface area contributed by atoms with Crippen LogP contribution in [0.1, 0.15) is 12.8 Å². The normalized spacial score (nSPS) is 17.0. The molecule has 0 radical (unpaired) electrons. The number of aliphatic hydroxyl groups is 1. The van der Waals surface area contributed by atoms with Gasteiger partial charge in [-0.05, 0) is 24.8 Å². The molecule has 88 valence electrons. The smallest absolute Gasteiger partial charge is 0.0950 e. The van der Waals surface area contributed by atoms with Gasteiger partial charge in [-0.15, -0.1) is 0 Å². The number of aromatic nitrogens is 2. The number of benzene rings is 1. The Morgan fingerprint density at radius 2 is 2.18 bits per heavy atom. The zero-order valence-electron chi connectivity index (χ0n) is 9.50. The number of anilines is 1. The third-order valence-electron chi connectivity index (χ3n) is 3.21. The maximum atomic E-state index is 9.82. The number of rotatable bonds is 4. The largest absolute Gasteiger partial charge is 0.391 e. The number of fused-ring (bicyclic) bond motifs is 1. The zero-order valence-corrected chi connectivity index (χ0v) is 9.50. The number of aliphatic hydroxyl groups excluding tert-OH is 1. The average Bonchev–Trinajstić information content (AvgIpc) is 3.20. The summed E-state index contributed by atoms with van der Waals surface area (Å²) in [4.78, 5) is 0. The van der Waals surface area contributed by atoms with Crippen LogP contribution in [-0.2, 0) is 0 Å². The summed E-state index contributed by atoms with van der Waals surface area (Å²) in [6.07, 6.45) is 3.76. The topological polar surface area (TPSA) is 58.0 Å². The third kappa shape index (κ3) is 2.22. The van der Waals surface area contributed by atoms with Crippen molar-refractivity contribution in [2.45, 2.75) is 18.9 Å². The molecule has 0 amide bonds. The first kappa shape index (κ1) is 10.5. The van der Waals surface area contributed by atoms with Crippen LogP contribution in [0.4, 0.5) is 5.69 Å². The monoisotopic (exact) mass is 229 g/mol. The molecule has 1 saturated carbocycles. The van der Waals surface area contributed by atoms with Gasteiger partial charge in [0.05, 0.1) is 23.5 Å². The highest BCUT2D eigenvalue weighted by Gasteiger charge is 2.29. The molecule has 1 heterocycles. The lowest BCUT2D eigenvalue weighted by atomic mass is 10.2.